The number of aliphatic carboxylic acids is 1. The molecule has 1 unspecified atom stereocenters. The summed E-state index contributed by atoms with van der Waals surface area (Å²) < 4.78 is 0. The van der Waals surface area contributed by atoms with Crippen LogP contribution >= 0.6 is 0 Å². The van der Waals surface area contributed by atoms with Gasteiger partial charge in [-0.05, 0) is 24.0 Å². The molecule has 3 heteroatoms. The lowest BCUT2D eigenvalue weighted by Crippen LogP contribution is -2.26. The van der Waals surface area contributed by atoms with E-state index in [4.69, 9.17) is 0 Å². The first kappa shape index (κ1) is 12.5. The molecule has 0 aromatic heterocycles. The molecule has 3 rings (SSSR count). The minimum Gasteiger partial charge on any atom is -0.481 e. The van der Waals surface area contributed by atoms with Gasteiger partial charge >= 0.3 is 5.97 Å². The van der Waals surface area contributed by atoms with Gasteiger partial charge in [0.25, 0.3) is 0 Å². The van der Waals surface area contributed by atoms with Gasteiger partial charge in [-0.2, -0.15) is 0 Å². The first-order valence-corrected chi connectivity index (χ1v) is 7.32. The van der Waals surface area contributed by atoms with Crippen LogP contribution < -0.4 is 4.90 Å². The molecule has 0 saturated heterocycles. The Hall–Kier alpha value is -1.51. The third-order valence-corrected chi connectivity index (χ3v) is 4.64. The first-order chi connectivity index (χ1) is 9.25. The van der Waals surface area contributed by atoms with Crippen LogP contribution in [0.15, 0.2) is 24.3 Å². The molecule has 1 aliphatic carbocycles. The number of hydrogen-bond donors (Lipinski definition) is 1. The third kappa shape index (κ3) is 2.46. The molecule has 0 amide bonds. The van der Waals surface area contributed by atoms with E-state index in [2.05, 4.69) is 11.0 Å². The summed E-state index contributed by atoms with van der Waals surface area (Å²) in [5.41, 5.74) is 2.12. The van der Waals surface area contributed by atoms with E-state index in [1.165, 1.54) is 32.1 Å². The standard InChI is InChI=1S/C16H21NO2/c18-16(19)14-11-17(10-9-12-5-1-2-6-12)15-8-4-3-7-13(14)15/h3-4,7-8,12,14H,1-2,5-6,9-11H2,(H,18,19). The zero-order valence-corrected chi connectivity index (χ0v) is 11.2. The highest BCUT2D eigenvalue weighted by Gasteiger charge is 2.33. The third-order valence-electron chi connectivity index (χ3n) is 4.64. The molecule has 102 valence electrons. The topological polar surface area (TPSA) is 40.5 Å². The molecule has 1 fully saturated rings. The smallest absolute Gasteiger partial charge is 0.312 e. The van der Waals surface area contributed by atoms with Crippen molar-refractivity contribution in [2.24, 2.45) is 5.92 Å². The Bertz CT molecular complexity index is 466. The quantitative estimate of drug-likeness (QED) is 0.902. The van der Waals surface area contributed by atoms with E-state index in [1.54, 1.807) is 0 Å². The number of fused-ring (bicyclic) bond motifs is 1. The normalized spacial score (nSPS) is 22.7. The zero-order chi connectivity index (χ0) is 13.2. The van der Waals surface area contributed by atoms with Crippen LogP contribution in [0.3, 0.4) is 0 Å². The maximum atomic E-state index is 11.3. The van der Waals surface area contributed by atoms with Crippen molar-refractivity contribution in [3.8, 4) is 0 Å². The first-order valence-electron chi connectivity index (χ1n) is 7.32. The molecule has 2 aliphatic rings. The van der Waals surface area contributed by atoms with Crippen molar-refractivity contribution in [2.75, 3.05) is 18.0 Å². The SMILES string of the molecule is O=C(O)C1CN(CCC2CCCC2)c2ccccc21. The molecule has 1 aromatic carbocycles. The molecular weight excluding hydrogens is 238 g/mol. The number of anilines is 1. The summed E-state index contributed by atoms with van der Waals surface area (Å²) in [6, 6.07) is 7.97. The molecule has 0 spiro atoms. The average Bonchev–Trinajstić information content (AvgIpc) is 3.04. The highest BCUT2D eigenvalue weighted by molar-refractivity contribution is 5.82. The molecule has 1 aromatic rings. The second-order valence-corrected chi connectivity index (χ2v) is 5.83. The lowest BCUT2D eigenvalue weighted by molar-refractivity contribution is -0.138. The molecule has 0 bridgehead atoms. The summed E-state index contributed by atoms with van der Waals surface area (Å²) in [7, 11) is 0. The highest BCUT2D eigenvalue weighted by atomic mass is 16.4. The second kappa shape index (κ2) is 5.24. The van der Waals surface area contributed by atoms with Crippen LogP contribution in [0.5, 0.6) is 0 Å². The van der Waals surface area contributed by atoms with Crippen LogP contribution in [-0.4, -0.2) is 24.2 Å². The lowest BCUT2D eigenvalue weighted by Gasteiger charge is -2.21. The van der Waals surface area contributed by atoms with Crippen LogP contribution in [0.2, 0.25) is 0 Å². The van der Waals surface area contributed by atoms with Gasteiger partial charge in [-0.25, -0.2) is 0 Å². The van der Waals surface area contributed by atoms with Crippen LogP contribution in [0.1, 0.15) is 43.6 Å². The summed E-state index contributed by atoms with van der Waals surface area (Å²) in [6.07, 6.45) is 6.67. The van der Waals surface area contributed by atoms with Gasteiger partial charge in [0, 0.05) is 18.8 Å². The Balaban J connectivity index is 1.71. The van der Waals surface area contributed by atoms with Gasteiger partial charge in [0.1, 0.15) is 5.92 Å². The fourth-order valence-corrected chi connectivity index (χ4v) is 3.55. The van der Waals surface area contributed by atoms with Crippen molar-refractivity contribution in [3.63, 3.8) is 0 Å². The summed E-state index contributed by atoms with van der Waals surface area (Å²) >= 11 is 0. The van der Waals surface area contributed by atoms with Crippen molar-refractivity contribution < 1.29 is 9.90 Å². The molecule has 19 heavy (non-hydrogen) atoms. The van der Waals surface area contributed by atoms with Crippen LogP contribution in [-0.2, 0) is 4.79 Å². The number of benzene rings is 1. The highest BCUT2D eigenvalue weighted by Crippen LogP contribution is 2.37. The van der Waals surface area contributed by atoms with E-state index in [0.29, 0.717) is 6.54 Å². The second-order valence-electron chi connectivity index (χ2n) is 5.83. The van der Waals surface area contributed by atoms with Gasteiger partial charge < -0.3 is 10.0 Å². The van der Waals surface area contributed by atoms with Gasteiger partial charge in [-0.1, -0.05) is 43.9 Å². The van der Waals surface area contributed by atoms with E-state index in [0.717, 1.165) is 23.7 Å². The summed E-state index contributed by atoms with van der Waals surface area (Å²) in [5.74, 6) is -0.188. The van der Waals surface area contributed by atoms with Crippen molar-refractivity contribution in [3.05, 3.63) is 29.8 Å². The van der Waals surface area contributed by atoms with Crippen molar-refractivity contribution in [1.82, 2.24) is 0 Å². The number of carboxylic acids is 1. The predicted octanol–water partition coefficient (Wildman–Crippen LogP) is 3.26. The van der Waals surface area contributed by atoms with Crippen molar-refractivity contribution >= 4 is 11.7 Å². The molecule has 1 heterocycles. The number of para-hydroxylation sites is 1. The van der Waals surface area contributed by atoms with Gasteiger partial charge in [0.2, 0.25) is 0 Å². The maximum absolute atomic E-state index is 11.3. The van der Waals surface area contributed by atoms with E-state index < -0.39 is 5.97 Å². The summed E-state index contributed by atoms with van der Waals surface area (Å²) in [4.78, 5) is 13.6. The summed E-state index contributed by atoms with van der Waals surface area (Å²) in [5, 5.41) is 9.33. The largest absolute Gasteiger partial charge is 0.481 e. The molecular formula is C16H21NO2. The lowest BCUT2D eigenvalue weighted by atomic mass is 10.0. The minimum absolute atomic E-state index is 0.347. The number of carbonyl (C=O) groups is 1. The fourth-order valence-electron chi connectivity index (χ4n) is 3.55. The average molecular weight is 259 g/mol. The van der Waals surface area contributed by atoms with E-state index in [-0.39, 0.29) is 5.92 Å². The molecule has 0 radical (unpaired) electrons. The van der Waals surface area contributed by atoms with Crippen molar-refractivity contribution in [1.29, 1.82) is 0 Å². The zero-order valence-electron chi connectivity index (χ0n) is 11.2. The summed E-state index contributed by atoms with van der Waals surface area (Å²) in [6.45, 7) is 1.65. The fraction of sp³-hybridized carbons (Fsp3) is 0.562. The Morgan fingerprint density at radius 3 is 2.74 bits per heavy atom. The number of hydrogen-bond acceptors (Lipinski definition) is 2. The van der Waals surface area contributed by atoms with Crippen molar-refractivity contribution in [2.45, 2.75) is 38.0 Å². The van der Waals surface area contributed by atoms with Crippen LogP contribution in [0, 0.1) is 5.92 Å². The van der Waals surface area contributed by atoms with Gasteiger partial charge in [-0.15, -0.1) is 0 Å². The number of rotatable bonds is 4. The Kier molecular flexibility index (Phi) is 3.45. The Morgan fingerprint density at radius 2 is 2.00 bits per heavy atom. The minimum atomic E-state index is -0.698. The molecule has 1 atom stereocenters. The molecule has 1 saturated carbocycles. The van der Waals surface area contributed by atoms with E-state index in [9.17, 15) is 9.90 Å². The number of nitrogens with zero attached hydrogens (tertiary/aromatic N) is 1. The van der Waals surface area contributed by atoms with Gasteiger partial charge in [-0.3, -0.25) is 4.79 Å². The monoisotopic (exact) mass is 259 g/mol. The van der Waals surface area contributed by atoms with E-state index in [1.807, 2.05) is 18.2 Å². The van der Waals surface area contributed by atoms with Crippen LogP contribution in [0.4, 0.5) is 5.69 Å². The van der Waals surface area contributed by atoms with E-state index >= 15 is 0 Å². The van der Waals surface area contributed by atoms with Crippen LogP contribution in [0.25, 0.3) is 0 Å². The Morgan fingerprint density at radius 1 is 1.26 bits per heavy atom. The van der Waals surface area contributed by atoms with Gasteiger partial charge in [0.15, 0.2) is 0 Å². The van der Waals surface area contributed by atoms with Gasteiger partial charge in [0.05, 0.1) is 0 Å². The Labute approximate surface area is 114 Å². The molecule has 1 aliphatic heterocycles. The predicted molar refractivity (Wildman–Crippen MR) is 75.6 cm³/mol. The molecule has 3 nitrogen and oxygen atoms in total. The molecule has 1 N–H and O–H groups in total. The maximum Gasteiger partial charge on any atom is 0.312 e. The number of carboxylic acid groups (broad SMARTS) is 1.